The molecule has 0 bridgehead atoms. The molecule has 0 aliphatic carbocycles. The summed E-state index contributed by atoms with van der Waals surface area (Å²) in [4.78, 5) is 15.2. The summed E-state index contributed by atoms with van der Waals surface area (Å²) in [5.74, 6) is -0.751. The molecule has 4 aromatic rings. The molecule has 178 valence electrons. The number of esters is 1. The quantitative estimate of drug-likeness (QED) is 0.142. The predicted octanol–water partition coefficient (Wildman–Crippen LogP) is 8.67. The van der Waals surface area contributed by atoms with E-state index < -0.39 is 0 Å². The number of halogens is 3. The Bertz CT molecular complexity index is 1440. The number of carbonyl (C=O) groups excluding carboxylic acids is 1. The highest BCUT2D eigenvalue weighted by molar-refractivity contribution is 9.10. The molecule has 3 nitrogen and oxygen atoms in total. The number of nitrogens with one attached hydrogen (secondary N) is 1. The normalized spacial score (nSPS) is 12.3. The molecule has 1 heterocycles. The summed E-state index contributed by atoms with van der Waals surface area (Å²) in [6, 6.07) is 20.5. The monoisotopic (exact) mass is 551 g/mol. The van der Waals surface area contributed by atoms with Crippen LogP contribution in [0.25, 0.3) is 28.1 Å². The first-order valence-electron chi connectivity index (χ1n) is 11.3. The van der Waals surface area contributed by atoms with Gasteiger partial charge in [-0.05, 0) is 75.8 Å². The number of H-pyrrole nitrogens is 1. The third-order valence-corrected chi connectivity index (χ3v) is 6.84. The van der Waals surface area contributed by atoms with E-state index >= 15 is 0 Å². The van der Waals surface area contributed by atoms with Gasteiger partial charge < -0.3 is 9.72 Å². The highest BCUT2D eigenvalue weighted by Crippen LogP contribution is 2.41. The summed E-state index contributed by atoms with van der Waals surface area (Å²) >= 11 is 10.3. The van der Waals surface area contributed by atoms with E-state index in [0.29, 0.717) is 18.1 Å². The zero-order valence-electron chi connectivity index (χ0n) is 19.4. The van der Waals surface area contributed by atoms with Crippen LogP contribution in [0.4, 0.5) is 4.39 Å². The van der Waals surface area contributed by atoms with Crippen LogP contribution < -0.4 is 0 Å². The molecule has 0 spiro atoms. The third-order valence-electron chi connectivity index (χ3n) is 5.70. The number of hydrogen-bond acceptors (Lipinski definition) is 2. The Hall–Kier alpha value is -3.15. The number of rotatable bonds is 7. The van der Waals surface area contributed by atoms with Gasteiger partial charge in [0.15, 0.2) is 0 Å². The summed E-state index contributed by atoms with van der Waals surface area (Å²) in [7, 11) is 0. The molecule has 0 amide bonds. The lowest BCUT2D eigenvalue weighted by Crippen LogP contribution is -1.99. The smallest absolute Gasteiger partial charge is 0.330 e. The average Bonchev–Trinajstić information content (AvgIpc) is 3.18. The highest BCUT2D eigenvalue weighted by atomic mass is 79.9. The Labute approximate surface area is 217 Å². The molecule has 0 atom stereocenters. The number of hydrogen-bond donors (Lipinski definition) is 1. The van der Waals surface area contributed by atoms with Crippen molar-refractivity contribution in [2.45, 2.75) is 20.3 Å². The van der Waals surface area contributed by atoms with E-state index in [1.807, 2.05) is 42.5 Å². The van der Waals surface area contributed by atoms with Gasteiger partial charge in [0.1, 0.15) is 5.82 Å². The van der Waals surface area contributed by atoms with Gasteiger partial charge in [-0.25, -0.2) is 9.18 Å². The Morgan fingerprint density at radius 3 is 2.49 bits per heavy atom. The molecule has 0 aliphatic rings. The molecule has 4 rings (SSSR count). The van der Waals surface area contributed by atoms with Gasteiger partial charge in [0, 0.05) is 22.6 Å². The SMILES string of the molecule is CCOC(=O)/C=C/c1ccc(/C(=C(/CC)c2ccc(F)cc2Cl)c2[nH]c3ccccc3c2Br)cc1. The van der Waals surface area contributed by atoms with Crippen molar-refractivity contribution >= 4 is 61.6 Å². The molecule has 0 unspecified atom stereocenters. The lowest BCUT2D eigenvalue weighted by atomic mass is 9.90. The zero-order chi connectivity index (χ0) is 24.9. The van der Waals surface area contributed by atoms with Gasteiger partial charge >= 0.3 is 5.97 Å². The molecule has 3 aromatic carbocycles. The van der Waals surface area contributed by atoms with Crippen LogP contribution in [0.2, 0.25) is 5.02 Å². The largest absolute Gasteiger partial charge is 0.463 e. The number of ether oxygens (including phenoxy) is 1. The molecule has 1 aromatic heterocycles. The molecule has 1 N–H and O–H groups in total. The Morgan fingerprint density at radius 1 is 1.09 bits per heavy atom. The molecule has 0 saturated carbocycles. The van der Waals surface area contributed by atoms with Gasteiger partial charge in [-0.2, -0.15) is 0 Å². The van der Waals surface area contributed by atoms with Crippen molar-refractivity contribution in [2.24, 2.45) is 0 Å². The van der Waals surface area contributed by atoms with Crippen molar-refractivity contribution in [3.05, 3.63) is 111 Å². The van der Waals surface area contributed by atoms with Crippen LogP contribution in [0, 0.1) is 5.82 Å². The number of aromatic nitrogens is 1. The number of carbonyl (C=O) groups is 1. The van der Waals surface area contributed by atoms with Crippen LogP contribution in [-0.4, -0.2) is 17.6 Å². The topological polar surface area (TPSA) is 42.1 Å². The van der Waals surface area contributed by atoms with E-state index in [4.69, 9.17) is 16.3 Å². The standard InChI is InChI=1S/C29H24BrClFNO2/c1-3-21(22-15-14-20(32)17-24(22)31)27(29-28(30)23-7-5-6-8-25(23)33-29)19-12-9-18(10-13-19)11-16-26(34)35-4-2/h5-17,33H,3-4H2,1-2H3/b16-11+,27-21+. The molecule has 0 fully saturated rings. The molecule has 0 radical (unpaired) electrons. The molecule has 6 heteroatoms. The lowest BCUT2D eigenvalue weighted by Gasteiger charge is -2.17. The van der Waals surface area contributed by atoms with Crippen LogP contribution >= 0.6 is 27.5 Å². The van der Waals surface area contributed by atoms with Gasteiger partial charge in [-0.3, -0.25) is 0 Å². The van der Waals surface area contributed by atoms with Crippen molar-refractivity contribution < 1.29 is 13.9 Å². The first-order chi connectivity index (χ1) is 16.9. The fourth-order valence-corrected chi connectivity index (χ4v) is 5.03. The second-order valence-electron chi connectivity index (χ2n) is 7.90. The molecular formula is C29H24BrClFNO2. The second kappa shape index (κ2) is 11.1. The second-order valence-corrected chi connectivity index (χ2v) is 9.10. The highest BCUT2D eigenvalue weighted by Gasteiger charge is 2.20. The predicted molar refractivity (Wildman–Crippen MR) is 146 cm³/mol. The fraction of sp³-hybridized carbons (Fsp3) is 0.138. The first-order valence-corrected chi connectivity index (χ1v) is 12.5. The van der Waals surface area contributed by atoms with E-state index in [2.05, 4.69) is 33.9 Å². The minimum Gasteiger partial charge on any atom is -0.463 e. The van der Waals surface area contributed by atoms with Crippen LogP contribution in [-0.2, 0) is 9.53 Å². The van der Waals surface area contributed by atoms with Crippen molar-refractivity contribution in [3.8, 4) is 0 Å². The summed E-state index contributed by atoms with van der Waals surface area (Å²) in [6.45, 7) is 4.17. The van der Waals surface area contributed by atoms with Gasteiger partial charge in [-0.1, -0.05) is 67.1 Å². The molecule has 35 heavy (non-hydrogen) atoms. The van der Waals surface area contributed by atoms with Crippen molar-refractivity contribution in [1.29, 1.82) is 0 Å². The van der Waals surface area contributed by atoms with Gasteiger partial charge in [0.05, 0.1) is 21.8 Å². The summed E-state index contributed by atoms with van der Waals surface area (Å²) in [5, 5.41) is 1.43. The van der Waals surface area contributed by atoms with Crippen molar-refractivity contribution in [2.75, 3.05) is 6.61 Å². The van der Waals surface area contributed by atoms with E-state index in [1.54, 1.807) is 19.1 Å². The van der Waals surface area contributed by atoms with Gasteiger partial charge in [0.2, 0.25) is 0 Å². The maximum atomic E-state index is 13.8. The van der Waals surface area contributed by atoms with Crippen LogP contribution in [0.1, 0.15) is 42.7 Å². The summed E-state index contributed by atoms with van der Waals surface area (Å²) < 4.78 is 19.7. The van der Waals surface area contributed by atoms with E-state index in [-0.39, 0.29) is 11.8 Å². The maximum Gasteiger partial charge on any atom is 0.330 e. The van der Waals surface area contributed by atoms with Crippen LogP contribution in [0.5, 0.6) is 0 Å². The third kappa shape index (κ3) is 5.42. The summed E-state index contributed by atoms with van der Waals surface area (Å²) in [6.07, 6.45) is 3.81. The molecule has 0 saturated heterocycles. The number of aromatic amines is 1. The van der Waals surface area contributed by atoms with Crippen molar-refractivity contribution in [3.63, 3.8) is 0 Å². The van der Waals surface area contributed by atoms with Gasteiger partial charge in [-0.15, -0.1) is 0 Å². The Balaban J connectivity index is 1.90. The van der Waals surface area contributed by atoms with E-state index in [9.17, 15) is 9.18 Å². The van der Waals surface area contributed by atoms with E-state index in [0.717, 1.165) is 48.9 Å². The number of fused-ring (bicyclic) bond motifs is 1. The van der Waals surface area contributed by atoms with Crippen molar-refractivity contribution in [1.82, 2.24) is 4.98 Å². The van der Waals surface area contributed by atoms with Crippen LogP contribution in [0.15, 0.2) is 77.3 Å². The lowest BCUT2D eigenvalue weighted by molar-refractivity contribution is -0.137. The number of benzene rings is 3. The summed E-state index contributed by atoms with van der Waals surface area (Å²) in [5.41, 5.74) is 6.47. The van der Waals surface area contributed by atoms with E-state index in [1.165, 1.54) is 18.2 Å². The minimum atomic E-state index is -0.376. The number of allylic oxidation sites excluding steroid dienone is 1. The number of para-hydroxylation sites is 1. The molecular weight excluding hydrogens is 529 g/mol. The fourth-order valence-electron chi connectivity index (χ4n) is 4.10. The van der Waals surface area contributed by atoms with Crippen LogP contribution in [0.3, 0.4) is 0 Å². The molecule has 0 aliphatic heterocycles. The average molecular weight is 553 g/mol. The first kappa shape index (κ1) is 25.0. The minimum absolute atomic E-state index is 0.335. The van der Waals surface area contributed by atoms with Gasteiger partial charge in [0.25, 0.3) is 0 Å². The zero-order valence-corrected chi connectivity index (χ0v) is 21.7. The Morgan fingerprint density at radius 2 is 1.83 bits per heavy atom. The Kier molecular flexibility index (Phi) is 7.89. The maximum absolute atomic E-state index is 13.8.